The molecule has 8 heteroatoms. The molecule has 134 valence electrons. The first-order valence-electron chi connectivity index (χ1n) is 8.46. The van der Waals surface area contributed by atoms with Crippen LogP contribution in [0.25, 0.3) is 0 Å². The van der Waals surface area contributed by atoms with Crippen molar-refractivity contribution < 1.29 is 4.79 Å². The Morgan fingerprint density at radius 3 is 2.88 bits per heavy atom. The molecule has 0 saturated carbocycles. The van der Waals surface area contributed by atoms with Crippen molar-refractivity contribution in [3.63, 3.8) is 0 Å². The fourth-order valence-electron chi connectivity index (χ4n) is 2.64. The lowest BCUT2D eigenvalue weighted by molar-refractivity contribution is -0.118. The molecule has 1 fully saturated rings. The maximum absolute atomic E-state index is 11.9. The first-order chi connectivity index (χ1) is 11.6. The van der Waals surface area contributed by atoms with Crippen LogP contribution in [0.4, 0.5) is 5.82 Å². The van der Waals surface area contributed by atoms with Crippen LogP contribution < -0.4 is 10.2 Å². The van der Waals surface area contributed by atoms with Gasteiger partial charge in [0.15, 0.2) is 5.16 Å². The van der Waals surface area contributed by atoms with Crippen molar-refractivity contribution in [3.05, 3.63) is 11.2 Å². The summed E-state index contributed by atoms with van der Waals surface area (Å²) >= 11 is 7.38. The number of rotatable bonds is 9. The number of amides is 1. The molecular weight excluding hydrogens is 346 g/mol. The van der Waals surface area contributed by atoms with Crippen LogP contribution in [-0.4, -0.2) is 66.3 Å². The van der Waals surface area contributed by atoms with E-state index in [0.29, 0.717) is 22.6 Å². The zero-order valence-electron chi connectivity index (χ0n) is 14.4. The van der Waals surface area contributed by atoms with Gasteiger partial charge in [-0.3, -0.25) is 4.79 Å². The van der Waals surface area contributed by atoms with Crippen molar-refractivity contribution in [2.24, 2.45) is 0 Å². The summed E-state index contributed by atoms with van der Waals surface area (Å²) in [6.45, 7) is 6.93. The van der Waals surface area contributed by atoms with E-state index in [0.717, 1.165) is 38.4 Å². The molecule has 24 heavy (non-hydrogen) atoms. The quantitative estimate of drug-likeness (QED) is 0.408. The maximum atomic E-state index is 11.9. The van der Waals surface area contributed by atoms with Gasteiger partial charge in [-0.2, -0.15) is 0 Å². The molecule has 0 unspecified atom stereocenters. The number of hydrogen-bond donors (Lipinski definition) is 1. The minimum atomic E-state index is 0.00577. The van der Waals surface area contributed by atoms with Crippen LogP contribution in [0.3, 0.4) is 0 Å². The molecular formula is C16H26ClN5OS. The molecule has 1 saturated heterocycles. The van der Waals surface area contributed by atoms with Crippen LogP contribution in [0.15, 0.2) is 11.2 Å². The molecule has 6 nitrogen and oxygen atoms in total. The van der Waals surface area contributed by atoms with Crippen molar-refractivity contribution in [3.8, 4) is 0 Å². The highest BCUT2D eigenvalue weighted by molar-refractivity contribution is 7.99. The topological polar surface area (TPSA) is 61.4 Å². The lowest BCUT2D eigenvalue weighted by Crippen LogP contribution is -2.34. The van der Waals surface area contributed by atoms with Gasteiger partial charge >= 0.3 is 0 Å². The second-order valence-corrected chi connectivity index (χ2v) is 7.27. The van der Waals surface area contributed by atoms with E-state index in [-0.39, 0.29) is 5.91 Å². The second-order valence-electron chi connectivity index (χ2n) is 5.94. The Morgan fingerprint density at radius 2 is 2.17 bits per heavy atom. The van der Waals surface area contributed by atoms with E-state index in [2.05, 4.69) is 27.1 Å². The van der Waals surface area contributed by atoms with Crippen LogP contribution in [0.1, 0.15) is 26.2 Å². The predicted molar refractivity (Wildman–Crippen MR) is 100 cm³/mol. The third-order valence-corrected chi connectivity index (χ3v) is 4.93. The third-order valence-electron chi connectivity index (χ3n) is 3.89. The van der Waals surface area contributed by atoms with Crippen LogP contribution in [-0.2, 0) is 4.79 Å². The van der Waals surface area contributed by atoms with E-state index in [4.69, 9.17) is 11.6 Å². The third kappa shape index (κ3) is 6.45. The summed E-state index contributed by atoms with van der Waals surface area (Å²) < 4.78 is 0. The zero-order valence-corrected chi connectivity index (χ0v) is 16.0. The molecule has 0 bridgehead atoms. The standard InChI is InChI=1S/C16H26ClN5OS/c1-3-7-21(2)14-11-13(17)19-16(20-14)24-12-15(23)18-6-10-22-8-4-5-9-22/h11H,3-10,12H2,1-2H3,(H,18,23). The molecule has 1 amide bonds. The van der Waals surface area contributed by atoms with Gasteiger partial charge in [0.25, 0.3) is 0 Å². The van der Waals surface area contributed by atoms with E-state index in [1.54, 1.807) is 6.07 Å². The Morgan fingerprint density at radius 1 is 1.42 bits per heavy atom. The summed E-state index contributed by atoms with van der Waals surface area (Å²) in [4.78, 5) is 25.0. The Balaban J connectivity index is 1.76. The predicted octanol–water partition coefficient (Wildman–Crippen LogP) is 2.28. The number of carbonyl (C=O) groups is 1. The van der Waals surface area contributed by atoms with Crippen LogP contribution in [0.2, 0.25) is 5.15 Å². The Bertz CT molecular complexity index is 539. The first-order valence-corrected chi connectivity index (χ1v) is 9.82. The largest absolute Gasteiger partial charge is 0.360 e. The SMILES string of the molecule is CCCN(C)c1cc(Cl)nc(SCC(=O)NCCN2CCCC2)n1. The highest BCUT2D eigenvalue weighted by atomic mass is 35.5. The number of nitrogens with one attached hydrogen (secondary N) is 1. The second kappa shape index (κ2) is 10.1. The molecule has 0 spiro atoms. The van der Waals surface area contributed by atoms with Crippen LogP contribution >= 0.6 is 23.4 Å². The zero-order chi connectivity index (χ0) is 17.4. The molecule has 0 atom stereocenters. The normalized spacial score (nSPS) is 14.8. The fraction of sp³-hybridized carbons (Fsp3) is 0.688. The summed E-state index contributed by atoms with van der Waals surface area (Å²) in [5.74, 6) is 1.09. The number of thioether (sulfide) groups is 1. The van der Waals surface area contributed by atoms with E-state index in [1.165, 1.54) is 24.6 Å². The summed E-state index contributed by atoms with van der Waals surface area (Å²) in [5, 5.41) is 3.89. The number of halogens is 1. The van der Waals surface area contributed by atoms with Gasteiger partial charge in [0, 0.05) is 32.7 Å². The van der Waals surface area contributed by atoms with Gasteiger partial charge in [-0.25, -0.2) is 9.97 Å². The Kier molecular flexibility index (Phi) is 8.08. The average Bonchev–Trinajstić information content (AvgIpc) is 3.06. The van der Waals surface area contributed by atoms with Crippen molar-refractivity contribution in [2.45, 2.75) is 31.3 Å². The number of anilines is 1. The lowest BCUT2D eigenvalue weighted by atomic mass is 10.4. The van der Waals surface area contributed by atoms with Gasteiger partial charge in [0.05, 0.1) is 5.75 Å². The number of aromatic nitrogens is 2. The number of hydrogen-bond acceptors (Lipinski definition) is 6. The van der Waals surface area contributed by atoms with E-state index >= 15 is 0 Å². The Hall–Kier alpha value is -1.05. The van der Waals surface area contributed by atoms with Gasteiger partial charge in [-0.05, 0) is 32.4 Å². The van der Waals surface area contributed by atoms with E-state index in [1.807, 2.05) is 11.9 Å². The average molecular weight is 372 g/mol. The number of carbonyl (C=O) groups excluding carboxylic acids is 1. The molecule has 2 rings (SSSR count). The van der Waals surface area contributed by atoms with Gasteiger partial charge in [0.1, 0.15) is 11.0 Å². The van der Waals surface area contributed by atoms with Crippen LogP contribution in [0.5, 0.6) is 0 Å². The summed E-state index contributed by atoms with van der Waals surface area (Å²) in [6.07, 6.45) is 3.56. The van der Waals surface area contributed by atoms with Crippen molar-refractivity contribution >= 4 is 35.1 Å². The van der Waals surface area contributed by atoms with Crippen molar-refractivity contribution in [1.82, 2.24) is 20.2 Å². The van der Waals surface area contributed by atoms with Gasteiger partial charge in [-0.1, -0.05) is 30.3 Å². The molecule has 0 radical (unpaired) electrons. The molecule has 1 N–H and O–H groups in total. The summed E-state index contributed by atoms with van der Waals surface area (Å²) in [6, 6.07) is 1.75. The van der Waals surface area contributed by atoms with E-state index in [9.17, 15) is 4.79 Å². The molecule has 0 aliphatic carbocycles. The highest BCUT2D eigenvalue weighted by Gasteiger charge is 2.12. The van der Waals surface area contributed by atoms with Gasteiger partial charge < -0.3 is 15.1 Å². The monoisotopic (exact) mass is 371 g/mol. The Labute approximate surface area is 153 Å². The lowest BCUT2D eigenvalue weighted by Gasteiger charge is -2.17. The molecule has 1 aliphatic heterocycles. The van der Waals surface area contributed by atoms with Crippen LogP contribution in [0, 0.1) is 0 Å². The molecule has 1 aliphatic rings. The smallest absolute Gasteiger partial charge is 0.230 e. The van der Waals surface area contributed by atoms with Gasteiger partial charge in [-0.15, -0.1) is 0 Å². The number of nitrogens with zero attached hydrogens (tertiary/aromatic N) is 4. The molecule has 2 heterocycles. The minimum absolute atomic E-state index is 0.00577. The summed E-state index contributed by atoms with van der Waals surface area (Å²) in [7, 11) is 1.97. The molecule has 0 aromatic carbocycles. The number of likely N-dealkylation sites (tertiary alicyclic amines) is 1. The van der Waals surface area contributed by atoms with Crippen molar-refractivity contribution in [1.29, 1.82) is 0 Å². The highest BCUT2D eigenvalue weighted by Crippen LogP contribution is 2.21. The molecule has 1 aromatic heterocycles. The summed E-state index contributed by atoms with van der Waals surface area (Å²) in [5.41, 5.74) is 0. The minimum Gasteiger partial charge on any atom is -0.360 e. The molecule has 1 aromatic rings. The first kappa shape index (κ1) is 19.3. The fourth-order valence-corrected chi connectivity index (χ4v) is 3.55. The van der Waals surface area contributed by atoms with Crippen molar-refractivity contribution in [2.75, 3.05) is 50.4 Å². The van der Waals surface area contributed by atoms with E-state index < -0.39 is 0 Å². The van der Waals surface area contributed by atoms with Gasteiger partial charge in [0.2, 0.25) is 5.91 Å². The maximum Gasteiger partial charge on any atom is 0.230 e.